The van der Waals surface area contributed by atoms with Crippen LogP contribution in [0.4, 0.5) is 24.5 Å². The Kier molecular flexibility index (Phi) is 3.66. The van der Waals surface area contributed by atoms with Gasteiger partial charge in [-0.1, -0.05) is 17.7 Å². The number of nitrogens with zero attached hydrogens (tertiary/aromatic N) is 1. The van der Waals surface area contributed by atoms with Crippen LogP contribution in [0.25, 0.3) is 10.9 Å². The SMILES string of the molecule is FC(F)(F)c1cccc(Nc2ccnc3ccc(Cl)cc23)c1. The molecular formula is C16H10ClF3N2. The number of hydrogen-bond donors (Lipinski definition) is 1. The maximum atomic E-state index is 12.8. The molecule has 3 rings (SSSR count). The Labute approximate surface area is 129 Å². The lowest BCUT2D eigenvalue weighted by atomic mass is 10.1. The van der Waals surface area contributed by atoms with Gasteiger partial charge in [0, 0.05) is 28.0 Å². The van der Waals surface area contributed by atoms with E-state index in [0.717, 1.165) is 17.5 Å². The fourth-order valence-electron chi connectivity index (χ4n) is 2.16. The third-order valence-electron chi connectivity index (χ3n) is 3.17. The first-order valence-corrected chi connectivity index (χ1v) is 6.80. The minimum Gasteiger partial charge on any atom is -0.355 e. The normalized spacial score (nSPS) is 11.6. The molecule has 0 radical (unpaired) electrons. The van der Waals surface area contributed by atoms with Crippen LogP contribution < -0.4 is 5.32 Å². The van der Waals surface area contributed by atoms with Crippen molar-refractivity contribution in [3.63, 3.8) is 0 Å². The number of rotatable bonds is 2. The molecule has 2 nitrogen and oxygen atoms in total. The lowest BCUT2D eigenvalue weighted by Crippen LogP contribution is -2.05. The molecule has 0 fully saturated rings. The second-order valence-corrected chi connectivity index (χ2v) is 5.16. The third-order valence-corrected chi connectivity index (χ3v) is 3.41. The van der Waals surface area contributed by atoms with Crippen molar-refractivity contribution in [1.82, 2.24) is 4.98 Å². The van der Waals surface area contributed by atoms with Gasteiger partial charge in [-0.15, -0.1) is 0 Å². The van der Waals surface area contributed by atoms with E-state index >= 15 is 0 Å². The van der Waals surface area contributed by atoms with E-state index < -0.39 is 11.7 Å². The Morgan fingerprint density at radius 2 is 1.82 bits per heavy atom. The van der Waals surface area contributed by atoms with Crippen molar-refractivity contribution in [2.45, 2.75) is 6.18 Å². The Balaban J connectivity index is 2.02. The number of halogens is 4. The number of hydrogen-bond acceptors (Lipinski definition) is 2. The van der Waals surface area contributed by atoms with Gasteiger partial charge in [0.05, 0.1) is 11.1 Å². The van der Waals surface area contributed by atoms with Crippen LogP contribution in [0.3, 0.4) is 0 Å². The molecule has 6 heteroatoms. The van der Waals surface area contributed by atoms with Crippen LogP contribution in [0.1, 0.15) is 5.56 Å². The van der Waals surface area contributed by atoms with Crippen LogP contribution in [0.2, 0.25) is 5.02 Å². The van der Waals surface area contributed by atoms with Gasteiger partial charge in [0.15, 0.2) is 0 Å². The lowest BCUT2D eigenvalue weighted by Gasteiger charge is -2.12. The first kappa shape index (κ1) is 14.7. The van der Waals surface area contributed by atoms with E-state index in [-0.39, 0.29) is 0 Å². The molecule has 3 aromatic rings. The first-order valence-electron chi connectivity index (χ1n) is 6.42. The quantitative estimate of drug-likeness (QED) is 0.659. The van der Waals surface area contributed by atoms with Gasteiger partial charge in [-0.3, -0.25) is 4.98 Å². The van der Waals surface area contributed by atoms with Crippen molar-refractivity contribution in [2.24, 2.45) is 0 Å². The molecule has 0 amide bonds. The maximum Gasteiger partial charge on any atom is 0.416 e. The van der Waals surface area contributed by atoms with Crippen LogP contribution in [-0.4, -0.2) is 4.98 Å². The Bertz CT molecular complexity index is 831. The summed E-state index contributed by atoms with van der Waals surface area (Å²) in [4.78, 5) is 4.20. The number of benzene rings is 2. The summed E-state index contributed by atoms with van der Waals surface area (Å²) in [6, 6.07) is 11.9. The summed E-state index contributed by atoms with van der Waals surface area (Å²) in [6.07, 6.45) is -2.78. The highest BCUT2D eigenvalue weighted by molar-refractivity contribution is 6.31. The largest absolute Gasteiger partial charge is 0.416 e. The molecule has 0 bridgehead atoms. The van der Waals surface area contributed by atoms with Crippen molar-refractivity contribution < 1.29 is 13.2 Å². The molecule has 1 N–H and O–H groups in total. The first-order chi connectivity index (χ1) is 10.4. The molecule has 1 heterocycles. The van der Waals surface area contributed by atoms with Gasteiger partial charge in [-0.25, -0.2) is 0 Å². The molecule has 0 aliphatic rings. The van der Waals surface area contributed by atoms with Gasteiger partial charge >= 0.3 is 6.18 Å². The van der Waals surface area contributed by atoms with Gasteiger partial charge in [0.25, 0.3) is 0 Å². The fourth-order valence-corrected chi connectivity index (χ4v) is 2.33. The molecular weight excluding hydrogens is 313 g/mol. The number of aromatic nitrogens is 1. The van der Waals surface area contributed by atoms with Crippen LogP contribution in [0.15, 0.2) is 54.7 Å². The summed E-state index contributed by atoms with van der Waals surface area (Å²) in [7, 11) is 0. The Morgan fingerprint density at radius 3 is 2.59 bits per heavy atom. The van der Waals surface area contributed by atoms with Crippen LogP contribution in [0.5, 0.6) is 0 Å². The summed E-state index contributed by atoms with van der Waals surface area (Å²) in [5.41, 5.74) is 1.00. The van der Waals surface area contributed by atoms with Crippen molar-refractivity contribution >= 4 is 33.9 Å². The van der Waals surface area contributed by atoms with Gasteiger partial charge in [-0.05, 0) is 42.5 Å². The molecule has 0 atom stereocenters. The van der Waals surface area contributed by atoms with E-state index in [1.54, 1.807) is 36.5 Å². The van der Waals surface area contributed by atoms with E-state index in [1.165, 1.54) is 6.07 Å². The zero-order chi connectivity index (χ0) is 15.7. The van der Waals surface area contributed by atoms with Crippen LogP contribution >= 0.6 is 11.6 Å². The Hall–Kier alpha value is -2.27. The van der Waals surface area contributed by atoms with Gasteiger partial charge < -0.3 is 5.32 Å². The van der Waals surface area contributed by atoms with E-state index in [4.69, 9.17) is 11.6 Å². The molecule has 112 valence electrons. The Morgan fingerprint density at radius 1 is 1.00 bits per heavy atom. The van der Waals surface area contributed by atoms with Crippen molar-refractivity contribution in [3.05, 3.63) is 65.3 Å². The minimum atomic E-state index is -4.37. The minimum absolute atomic E-state index is 0.349. The highest BCUT2D eigenvalue weighted by atomic mass is 35.5. The topological polar surface area (TPSA) is 24.9 Å². The number of anilines is 2. The smallest absolute Gasteiger partial charge is 0.355 e. The van der Waals surface area contributed by atoms with Crippen LogP contribution in [-0.2, 0) is 6.18 Å². The third kappa shape index (κ3) is 2.99. The second kappa shape index (κ2) is 5.50. The summed E-state index contributed by atoms with van der Waals surface area (Å²) >= 11 is 5.97. The number of fused-ring (bicyclic) bond motifs is 1. The predicted octanol–water partition coefficient (Wildman–Crippen LogP) is 5.65. The summed E-state index contributed by atoms with van der Waals surface area (Å²) in [6.45, 7) is 0. The highest BCUT2D eigenvalue weighted by Crippen LogP contribution is 2.32. The monoisotopic (exact) mass is 322 g/mol. The molecule has 0 saturated carbocycles. The highest BCUT2D eigenvalue weighted by Gasteiger charge is 2.30. The molecule has 0 aliphatic heterocycles. The van der Waals surface area contributed by atoms with E-state index in [1.807, 2.05) is 0 Å². The molecule has 0 spiro atoms. The summed E-state index contributed by atoms with van der Waals surface area (Å²) in [5.74, 6) is 0. The predicted molar refractivity (Wildman–Crippen MR) is 81.5 cm³/mol. The summed E-state index contributed by atoms with van der Waals surface area (Å²) in [5, 5.41) is 4.27. The van der Waals surface area contributed by atoms with E-state index in [2.05, 4.69) is 10.3 Å². The van der Waals surface area contributed by atoms with Crippen molar-refractivity contribution in [3.8, 4) is 0 Å². The number of nitrogens with one attached hydrogen (secondary N) is 1. The van der Waals surface area contributed by atoms with E-state index in [9.17, 15) is 13.2 Å². The summed E-state index contributed by atoms with van der Waals surface area (Å²) < 4.78 is 38.3. The molecule has 0 saturated heterocycles. The lowest BCUT2D eigenvalue weighted by molar-refractivity contribution is -0.137. The fraction of sp³-hybridized carbons (Fsp3) is 0.0625. The zero-order valence-electron chi connectivity index (χ0n) is 11.2. The second-order valence-electron chi connectivity index (χ2n) is 4.72. The maximum absolute atomic E-state index is 12.8. The molecule has 22 heavy (non-hydrogen) atoms. The number of alkyl halides is 3. The van der Waals surface area contributed by atoms with Gasteiger partial charge in [0.2, 0.25) is 0 Å². The molecule has 1 aromatic heterocycles. The van der Waals surface area contributed by atoms with Crippen LogP contribution in [0, 0.1) is 0 Å². The number of pyridine rings is 1. The average molecular weight is 323 g/mol. The standard InChI is InChI=1S/C16H10ClF3N2/c17-11-4-5-14-13(9-11)15(6-7-21-14)22-12-3-1-2-10(8-12)16(18,19)20/h1-9H,(H,21,22). The van der Waals surface area contributed by atoms with E-state index in [0.29, 0.717) is 21.9 Å². The van der Waals surface area contributed by atoms with Gasteiger partial charge in [-0.2, -0.15) is 13.2 Å². The average Bonchev–Trinajstić information content (AvgIpc) is 2.47. The molecule has 2 aromatic carbocycles. The van der Waals surface area contributed by atoms with Crippen molar-refractivity contribution in [2.75, 3.05) is 5.32 Å². The molecule has 0 unspecified atom stereocenters. The van der Waals surface area contributed by atoms with Gasteiger partial charge in [0.1, 0.15) is 0 Å². The van der Waals surface area contributed by atoms with Crippen molar-refractivity contribution in [1.29, 1.82) is 0 Å². The zero-order valence-corrected chi connectivity index (χ0v) is 11.9. The molecule has 0 aliphatic carbocycles.